The van der Waals surface area contributed by atoms with Gasteiger partial charge in [-0.2, -0.15) is 0 Å². The van der Waals surface area contributed by atoms with Crippen molar-refractivity contribution in [2.24, 2.45) is 0 Å². The van der Waals surface area contributed by atoms with Crippen molar-refractivity contribution in [3.05, 3.63) is 45.6 Å². The topological polar surface area (TPSA) is 73.9 Å². The molecule has 0 unspecified atom stereocenters. The standard InChI is InChI=1S/C18H21NO5S/c1-11-5-8-16(25-11)18(21)24-10-17(20)19-12(2)14-9-13(22-3)6-7-15(14)23-4/h5-9,12H,10H2,1-4H3,(H,19,20)/t12-/m1/s1. The van der Waals surface area contributed by atoms with E-state index >= 15 is 0 Å². The third-order valence-corrected chi connectivity index (χ3v) is 4.54. The van der Waals surface area contributed by atoms with Crippen LogP contribution >= 0.6 is 11.3 Å². The Morgan fingerprint density at radius 2 is 1.92 bits per heavy atom. The van der Waals surface area contributed by atoms with Crippen LogP contribution in [0.3, 0.4) is 0 Å². The van der Waals surface area contributed by atoms with Gasteiger partial charge in [0.15, 0.2) is 6.61 Å². The number of hydrogen-bond donors (Lipinski definition) is 1. The van der Waals surface area contributed by atoms with Crippen LogP contribution in [-0.2, 0) is 9.53 Å². The number of rotatable bonds is 7. The van der Waals surface area contributed by atoms with Crippen molar-refractivity contribution in [1.29, 1.82) is 0 Å². The minimum Gasteiger partial charge on any atom is -0.497 e. The summed E-state index contributed by atoms with van der Waals surface area (Å²) in [6.07, 6.45) is 0. The molecule has 7 heteroatoms. The maximum Gasteiger partial charge on any atom is 0.348 e. The number of carbonyl (C=O) groups is 2. The van der Waals surface area contributed by atoms with Crippen LogP contribution in [0.5, 0.6) is 11.5 Å². The van der Waals surface area contributed by atoms with Gasteiger partial charge in [0.2, 0.25) is 0 Å². The molecule has 0 saturated heterocycles. The molecule has 2 rings (SSSR count). The van der Waals surface area contributed by atoms with Gasteiger partial charge in [-0.3, -0.25) is 4.79 Å². The SMILES string of the molecule is COc1ccc(OC)c([C@@H](C)NC(=O)COC(=O)c2ccc(C)s2)c1. The fraction of sp³-hybridized carbons (Fsp3) is 0.333. The lowest BCUT2D eigenvalue weighted by molar-refractivity contribution is -0.124. The molecule has 2 aromatic rings. The highest BCUT2D eigenvalue weighted by atomic mass is 32.1. The summed E-state index contributed by atoms with van der Waals surface area (Å²) in [6, 6.07) is 8.53. The van der Waals surface area contributed by atoms with Gasteiger partial charge >= 0.3 is 5.97 Å². The van der Waals surface area contributed by atoms with Crippen LogP contribution in [0.15, 0.2) is 30.3 Å². The summed E-state index contributed by atoms with van der Waals surface area (Å²) >= 11 is 1.33. The van der Waals surface area contributed by atoms with Gasteiger partial charge in [-0.25, -0.2) is 4.79 Å². The maximum absolute atomic E-state index is 12.1. The van der Waals surface area contributed by atoms with Gasteiger partial charge in [-0.15, -0.1) is 11.3 Å². The molecular weight excluding hydrogens is 342 g/mol. The molecule has 1 atom stereocenters. The number of thiophene rings is 1. The molecule has 0 spiro atoms. The third kappa shape index (κ3) is 4.96. The predicted molar refractivity (Wildman–Crippen MR) is 95.4 cm³/mol. The Morgan fingerprint density at radius 3 is 2.52 bits per heavy atom. The van der Waals surface area contributed by atoms with Crippen LogP contribution in [0.25, 0.3) is 0 Å². The second-order valence-electron chi connectivity index (χ2n) is 5.38. The summed E-state index contributed by atoms with van der Waals surface area (Å²) in [5.41, 5.74) is 0.774. The minimum atomic E-state index is -0.500. The smallest absolute Gasteiger partial charge is 0.348 e. The van der Waals surface area contributed by atoms with Gasteiger partial charge in [-0.05, 0) is 44.2 Å². The molecule has 1 aromatic carbocycles. The molecule has 1 N–H and O–H groups in total. The quantitative estimate of drug-likeness (QED) is 0.765. The summed E-state index contributed by atoms with van der Waals surface area (Å²) in [5.74, 6) is 0.412. The summed E-state index contributed by atoms with van der Waals surface area (Å²) in [5, 5.41) is 2.79. The van der Waals surface area contributed by atoms with Crippen molar-refractivity contribution in [1.82, 2.24) is 5.32 Å². The summed E-state index contributed by atoms with van der Waals surface area (Å²) in [6.45, 7) is 3.38. The lowest BCUT2D eigenvalue weighted by Gasteiger charge is -2.18. The summed E-state index contributed by atoms with van der Waals surface area (Å²) in [7, 11) is 3.13. The van der Waals surface area contributed by atoms with E-state index < -0.39 is 5.97 Å². The number of aryl methyl sites for hydroxylation is 1. The zero-order valence-electron chi connectivity index (χ0n) is 14.6. The molecule has 0 aliphatic rings. The van der Waals surface area contributed by atoms with E-state index in [0.717, 1.165) is 10.4 Å². The van der Waals surface area contributed by atoms with Gasteiger partial charge in [0, 0.05) is 10.4 Å². The Hall–Kier alpha value is -2.54. The molecule has 134 valence electrons. The largest absolute Gasteiger partial charge is 0.497 e. The van der Waals surface area contributed by atoms with E-state index in [9.17, 15) is 9.59 Å². The van der Waals surface area contributed by atoms with Gasteiger partial charge in [-0.1, -0.05) is 0 Å². The Balaban J connectivity index is 1.95. The van der Waals surface area contributed by atoms with Gasteiger partial charge in [0.25, 0.3) is 5.91 Å². The van der Waals surface area contributed by atoms with Gasteiger partial charge < -0.3 is 19.5 Å². The van der Waals surface area contributed by atoms with Crippen LogP contribution in [0.1, 0.15) is 33.1 Å². The zero-order valence-corrected chi connectivity index (χ0v) is 15.4. The van der Waals surface area contributed by atoms with Crippen molar-refractivity contribution >= 4 is 23.2 Å². The molecule has 1 heterocycles. The Kier molecular flexibility index (Phi) is 6.41. The van der Waals surface area contributed by atoms with E-state index in [4.69, 9.17) is 14.2 Å². The first kappa shape index (κ1) is 18.8. The number of carbonyl (C=O) groups excluding carboxylic acids is 2. The van der Waals surface area contributed by atoms with Crippen molar-refractivity contribution in [3.63, 3.8) is 0 Å². The first-order valence-corrected chi connectivity index (χ1v) is 8.51. The number of hydrogen-bond acceptors (Lipinski definition) is 6. The van der Waals surface area contributed by atoms with Crippen LogP contribution < -0.4 is 14.8 Å². The van der Waals surface area contributed by atoms with Crippen molar-refractivity contribution in [2.75, 3.05) is 20.8 Å². The lowest BCUT2D eigenvalue weighted by atomic mass is 10.1. The highest BCUT2D eigenvalue weighted by molar-refractivity contribution is 7.13. The minimum absolute atomic E-state index is 0.333. The molecule has 1 amide bonds. The fourth-order valence-electron chi connectivity index (χ4n) is 2.29. The Bertz CT molecular complexity index is 756. The predicted octanol–water partition coefficient (Wildman–Crippen LogP) is 3.11. The third-order valence-electron chi connectivity index (χ3n) is 3.56. The van der Waals surface area contributed by atoms with E-state index in [2.05, 4.69) is 5.32 Å². The number of benzene rings is 1. The lowest BCUT2D eigenvalue weighted by Crippen LogP contribution is -2.31. The Labute approximate surface area is 150 Å². The van der Waals surface area contributed by atoms with E-state index in [1.54, 1.807) is 38.5 Å². The van der Waals surface area contributed by atoms with Gasteiger partial charge in [0.05, 0.1) is 20.3 Å². The van der Waals surface area contributed by atoms with Crippen molar-refractivity contribution < 1.29 is 23.8 Å². The Morgan fingerprint density at radius 1 is 1.16 bits per heavy atom. The van der Waals surface area contributed by atoms with E-state index in [1.165, 1.54) is 11.3 Å². The van der Waals surface area contributed by atoms with E-state index in [1.807, 2.05) is 19.9 Å². The average Bonchev–Trinajstić information content (AvgIpc) is 3.05. The van der Waals surface area contributed by atoms with Crippen LogP contribution in [0.2, 0.25) is 0 Å². The van der Waals surface area contributed by atoms with Crippen molar-refractivity contribution in [2.45, 2.75) is 19.9 Å². The first-order valence-electron chi connectivity index (χ1n) is 7.69. The second-order valence-corrected chi connectivity index (χ2v) is 6.67. The highest BCUT2D eigenvalue weighted by Gasteiger charge is 2.17. The molecule has 0 bridgehead atoms. The van der Waals surface area contributed by atoms with E-state index in [-0.39, 0.29) is 18.6 Å². The summed E-state index contributed by atoms with van der Waals surface area (Å²) < 4.78 is 15.6. The van der Waals surface area contributed by atoms with E-state index in [0.29, 0.717) is 16.4 Å². The molecule has 0 saturated carbocycles. The summed E-state index contributed by atoms with van der Waals surface area (Å²) in [4.78, 5) is 25.4. The highest BCUT2D eigenvalue weighted by Crippen LogP contribution is 2.29. The molecule has 1 aromatic heterocycles. The maximum atomic E-state index is 12.1. The van der Waals surface area contributed by atoms with Gasteiger partial charge in [0.1, 0.15) is 16.4 Å². The molecule has 0 fully saturated rings. The normalized spacial score (nSPS) is 11.5. The second kappa shape index (κ2) is 8.53. The average molecular weight is 363 g/mol. The monoisotopic (exact) mass is 363 g/mol. The molecule has 0 aliphatic carbocycles. The number of nitrogens with one attached hydrogen (secondary N) is 1. The zero-order chi connectivity index (χ0) is 18.4. The first-order chi connectivity index (χ1) is 11.9. The molecule has 0 radical (unpaired) electrons. The molecular formula is C18H21NO5S. The van der Waals surface area contributed by atoms with Crippen LogP contribution in [-0.4, -0.2) is 32.7 Å². The number of methoxy groups -OCH3 is 2. The molecule has 6 nitrogen and oxygen atoms in total. The number of ether oxygens (including phenoxy) is 3. The van der Waals surface area contributed by atoms with Crippen LogP contribution in [0, 0.1) is 6.92 Å². The molecule has 25 heavy (non-hydrogen) atoms. The fourth-order valence-corrected chi connectivity index (χ4v) is 3.05. The van der Waals surface area contributed by atoms with Crippen molar-refractivity contribution in [3.8, 4) is 11.5 Å². The number of amides is 1. The van der Waals surface area contributed by atoms with Crippen LogP contribution in [0.4, 0.5) is 0 Å². The number of esters is 1. The molecule has 0 aliphatic heterocycles.